The first-order valence-electron chi connectivity index (χ1n) is 7.24. The van der Waals surface area contributed by atoms with Crippen LogP contribution in [0.3, 0.4) is 0 Å². The third-order valence-electron chi connectivity index (χ3n) is 3.81. The van der Waals surface area contributed by atoms with Crippen molar-refractivity contribution in [3.8, 4) is 0 Å². The highest BCUT2D eigenvalue weighted by Crippen LogP contribution is 2.25. The molecular formula is C17H21NS2. The number of rotatable bonds is 4. The smallest absolute Gasteiger partial charge is 0.0292 e. The summed E-state index contributed by atoms with van der Waals surface area (Å²) in [5.74, 6) is 3.92. The van der Waals surface area contributed by atoms with E-state index in [-0.39, 0.29) is 0 Å². The van der Waals surface area contributed by atoms with Gasteiger partial charge in [-0.25, -0.2) is 0 Å². The SMILES string of the molecule is CC(NCC1CSCCS1)c1ccc2ccccc2c1. The van der Waals surface area contributed by atoms with Crippen molar-refractivity contribution in [2.75, 3.05) is 23.8 Å². The zero-order valence-corrected chi connectivity index (χ0v) is 13.5. The number of hydrogen-bond acceptors (Lipinski definition) is 3. The minimum atomic E-state index is 0.423. The first kappa shape index (κ1) is 14.3. The molecule has 20 heavy (non-hydrogen) atoms. The summed E-state index contributed by atoms with van der Waals surface area (Å²) in [7, 11) is 0. The van der Waals surface area contributed by atoms with Crippen LogP contribution in [0.25, 0.3) is 10.8 Å². The maximum atomic E-state index is 3.70. The van der Waals surface area contributed by atoms with Crippen LogP contribution in [0.4, 0.5) is 0 Å². The van der Waals surface area contributed by atoms with Crippen LogP contribution in [-0.2, 0) is 0 Å². The molecule has 3 heteroatoms. The van der Waals surface area contributed by atoms with Crippen LogP contribution in [-0.4, -0.2) is 29.1 Å². The molecule has 0 aliphatic carbocycles. The number of fused-ring (bicyclic) bond motifs is 1. The minimum absolute atomic E-state index is 0.423. The molecule has 2 atom stereocenters. The summed E-state index contributed by atoms with van der Waals surface area (Å²) in [6, 6.07) is 15.8. The van der Waals surface area contributed by atoms with Gasteiger partial charge in [0.25, 0.3) is 0 Å². The maximum Gasteiger partial charge on any atom is 0.0292 e. The van der Waals surface area contributed by atoms with Gasteiger partial charge in [-0.1, -0.05) is 36.4 Å². The quantitative estimate of drug-likeness (QED) is 0.902. The molecule has 2 aromatic rings. The molecule has 1 nitrogen and oxygen atoms in total. The average Bonchev–Trinajstić information content (AvgIpc) is 2.53. The summed E-state index contributed by atoms with van der Waals surface area (Å²) in [5, 5.41) is 7.13. The molecule has 0 amide bonds. The van der Waals surface area contributed by atoms with Crippen molar-refractivity contribution < 1.29 is 0 Å². The van der Waals surface area contributed by atoms with Gasteiger partial charge < -0.3 is 5.32 Å². The number of nitrogens with one attached hydrogen (secondary N) is 1. The van der Waals surface area contributed by atoms with Crippen LogP contribution in [0.15, 0.2) is 42.5 Å². The van der Waals surface area contributed by atoms with Gasteiger partial charge in [0.05, 0.1) is 0 Å². The Kier molecular flexibility index (Phi) is 4.92. The highest BCUT2D eigenvalue weighted by Gasteiger charge is 2.15. The van der Waals surface area contributed by atoms with Gasteiger partial charge in [0.2, 0.25) is 0 Å². The zero-order chi connectivity index (χ0) is 13.8. The highest BCUT2D eigenvalue weighted by molar-refractivity contribution is 8.06. The fourth-order valence-electron chi connectivity index (χ4n) is 2.56. The van der Waals surface area contributed by atoms with Gasteiger partial charge in [0, 0.05) is 35.1 Å². The van der Waals surface area contributed by atoms with Gasteiger partial charge in [-0.2, -0.15) is 23.5 Å². The Labute approximate surface area is 129 Å². The van der Waals surface area contributed by atoms with Crippen molar-refractivity contribution in [1.29, 1.82) is 0 Å². The van der Waals surface area contributed by atoms with E-state index in [4.69, 9.17) is 0 Å². The van der Waals surface area contributed by atoms with E-state index in [0.717, 1.165) is 11.8 Å². The Morgan fingerprint density at radius 3 is 2.80 bits per heavy atom. The van der Waals surface area contributed by atoms with Crippen molar-refractivity contribution in [2.24, 2.45) is 0 Å². The topological polar surface area (TPSA) is 12.0 Å². The largest absolute Gasteiger partial charge is 0.309 e. The van der Waals surface area contributed by atoms with Crippen LogP contribution in [0.2, 0.25) is 0 Å². The summed E-state index contributed by atoms with van der Waals surface area (Å²) < 4.78 is 0. The second-order valence-corrected chi connectivity index (χ2v) is 7.86. The molecule has 2 unspecified atom stereocenters. The molecule has 1 aliphatic heterocycles. The summed E-state index contributed by atoms with van der Waals surface area (Å²) in [4.78, 5) is 0. The molecule has 1 aliphatic rings. The maximum absolute atomic E-state index is 3.70. The molecule has 0 spiro atoms. The third kappa shape index (κ3) is 3.51. The second-order valence-electron chi connectivity index (χ2n) is 5.30. The number of hydrogen-bond donors (Lipinski definition) is 1. The Morgan fingerprint density at radius 1 is 1.15 bits per heavy atom. The lowest BCUT2D eigenvalue weighted by molar-refractivity contribution is 0.577. The van der Waals surface area contributed by atoms with E-state index in [9.17, 15) is 0 Å². The molecule has 0 aromatic heterocycles. The van der Waals surface area contributed by atoms with Crippen molar-refractivity contribution in [3.05, 3.63) is 48.0 Å². The first-order valence-corrected chi connectivity index (χ1v) is 9.45. The van der Waals surface area contributed by atoms with E-state index >= 15 is 0 Å². The van der Waals surface area contributed by atoms with Gasteiger partial charge in [-0.05, 0) is 29.3 Å². The Hall–Kier alpha value is -0.640. The average molecular weight is 303 g/mol. The number of benzene rings is 2. The molecule has 1 heterocycles. The highest BCUT2D eigenvalue weighted by atomic mass is 32.2. The van der Waals surface area contributed by atoms with E-state index in [1.807, 2.05) is 0 Å². The van der Waals surface area contributed by atoms with Gasteiger partial charge in [-0.15, -0.1) is 0 Å². The van der Waals surface area contributed by atoms with Crippen LogP contribution in [0.1, 0.15) is 18.5 Å². The molecule has 1 saturated heterocycles. The first-order chi connectivity index (χ1) is 9.83. The second kappa shape index (κ2) is 6.88. The minimum Gasteiger partial charge on any atom is -0.309 e. The van der Waals surface area contributed by atoms with Crippen LogP contribution >= 0.6 is 23.5 Å². The molecule has 106 valence electrons. The fourth-order valence-corrected chi connectivity index (χ4v) is 5.18. The molecule has 2 aromatic carbocycles. The molecule has 3 rings (SSSR count). The zero-order valence-electron chi connectivity index (χ0n) is 11.8. The lowest BCUT2D eigenvalue weighted by atomic mass is 10.0. The lowest BCUT2D eigenvalue weighted by Crippen LogP contribution is -2.30. The molecule has 1 fully saturated rings. The van der Waals surface area contributed by atoms with E-state index in [0.29, 0.717) is 6.04 Å². The van der Waals surface area contributed by atoms with Crippen molar-refractivity contribution >= 4 is 34.3 Å². The summed E-state index contributed by atoms with van der Waals surface area (Å²) in [6.45, 7) is 3.39. The fraction of sp³-hybridized carbons (Fsp3) is 0.412. The Balaban J connectivity index is 1.64. The van der Waals surface area contributed by atoms with E-state index in [1.54, 1.807) is 0 Å². The van der Waals surface area contributed by atoms with Gasteiger partial charge in [-0.3, -0.25) is 0 Å². The van der Waals surface area contributed by atoms with E-state index in [2.05, 4.69) is 78.2 Å². The molecule has 0 radical (unpaired) electrons. The van der Waals surface area contributed by atoms with E-state index < -0.39 is 0 Å². The summed E-state index contributed by atoms with van der Waals surface area (Å²) in [5.41, 5.74) is 1.39. The van der Waals surface area contributed by atoms with Gasteiger partial charge >= 0.3 is 0 Å². The van der Waals surface area contributed by atoms with E-state index in [1.165, 1.54) is 33.6 Å². The summed E-state index contributed by atoms with van der Waals surface area (Å²) >= 11 is 4.21. The van der Waals surface area contributed by atoms with Crippen LogP contribution in [0, 0.1) is 0 Å². The molecule has 0 bridgehead atoms. The van der Waals surface area contributed by atoms with Gasteiger partial charge in [0.15, 0.2) is 0 Å². The standard InChI is InChI=1S/C17H21NS2/c1-13(18-11-17-12-19-8-9-20-17)15-7-6-14-4-2-3-5-16(14)10-15/h2-7,10,13,17-18H,8-9,11-12H2,1H3. The van der Waals surface area contributed by atoms with Crippen molar-refractivity contribution in [3.63, 3.8) is 0 Å². The Bertz CT molecular complexity index is 564. The monoisotopic (exact) mass is 303 g/mol. The third-order valence-corrected chi connectivity index (χ3v) is 6.66. The summed E-state index contributed by atoms with van der Waals surface area (Å²) in [6.07, 6.45) is 0. The number of thioether (sulfide) groups is 2. The molecular weight excluding hydrogens is 282 g/mol. The van der Waals surface area contributed by atoms with Crippen LogP contribution in [0.5, 0.6) is 0 Å². The Morgan fingerprint density at radius 2 is 2.00 bits per heavy atom. The van der Waals surface area contributed by atoms with Crippen molar-refractivity contribution in [2.45, 2.75) is 18.2 Å². The normalized spacial score (nSPS) is 20.9. The van der Waals surface area contributed by atoms with Crippen LogP contribution < -0.4 is 5.32 Å². The molecule has 1 N–H and O–H groups in total. The molecule has 0 saturated carbocycles. The van der Waals surface area contributed by atoms with Gasteiger partial charge in [0.1, 0.15) is 0 Å². The predicted octanol–water partition coefficient (Wildman–Crippen LogP) is 4.34. The predicted molar refractivity (Wildman–Crippen MR) is 93.9 cm³/mol. The van der Waals surface area contributed by atoms with Crippen molar-refractivity contribution in [1.82, 2.24) is 5.32 Å². The lowest BCUT2D eigenvalue weighted by Gasteiger charge is -2.23.